The van der Waals surface area contributed by atoms with Crippen molar-refractivity contribution < 1.29 is 9.18 Å². The topological polar surface area (TPSA) is 77.2 Å². The number of amides is 2. The van der Waals surface area contributed by atoms with Crippen LogP contribution in [0.25, 0.3) is 22.3 Å². The lowest BCUT2D eigenvalue weighted by atomic mass is 10.1. The Morgan fingerprint density at radius 3 is 2.58 bits per heavy atom. The molecule has 0 unspecified atom stereocenters. The highest BCUT2D eigenvalue weighted by atomic mass is 35.5. The zero-order valence-electron chi connectivity index (χ0n) is 17.8. The molecule has 5 rings (SSSR count). The Hall–Kier alpha value is -3.65. The summed E-state index contributed by atoms with van der Waals surface area (Å²) in [6.07, 6.45) is 1.53. The van der Waals surface area contributed by atoms with Crippen molar-refractivity contribution in [2.24, 2.45) is 0 Å². The molecule has 2 aromatic carbocycles. The van der Waals surface area contributed by atoms with Gasteiger partial charge in [0.1, 0.15) is 23.6 Å². The van der Waals surface area contributed by atoms with Gasteiger partial charge in [0.25, 0.3) is 0 Å². The van der Waals surface area contributed by atoms with Gasteiger partial charge in [-0.25, -0.2) is 19.2 Å². The fourth-order valence-electron chi connectivity index (χ4n) is 4.01. The second-order valence-corrected chi connectivity index (χ2v) is 8.28. The molecule has 3 heterocycles. The van der Waals surface area contributed by atoms with E-state index in [0.717, 1.165) is 33.7 Å². The summed E-state index contributed by atoms with van der Waals surface area (Å²) < 4.78 is 13.3. The van der Waals surface area contributed by atoms with Crippen molar-refractivity contribution in [3.05, 3.63) is 77.3 Å². The van der Waals surface area contributed by atoms with Gasteiger partial charge in [0.15, 0.2) is 0 Å². The molecule has 4 aromatic rings. The van der Waals surface area contributed by atoms with Gasteiger partial charge in [-0.2, -0.15) is 0 Å². The lowest BCUT2D eigenvalue weighted by Crippen LogP contribution is -2.52. The van der Waals surface area contributed by atoms with Crippen LogP contribution in [0.5, 0.6) is 0 Å². The number of anilines is 1. The van der Waals surface area contributed by atoms with Crippen LogP contribution in [-0.4, -0.2) is 52.1 Å². The van der Waals surface area contributed by atoms with E-state index in [1.54, 1.807) is 17.0 Å². The molecule has 0 atom stereocenters. The van der Waals surface area contributed by atoms with E-state index in [9.17, 15) is 9.18 Å². The number of halogens is 2. The normalized spacial score (nSPS) is 14.0. The molecule has 1 aliphatic rings. The number of carbonyl (C=O) groups excluding carboxylic acids is 1. The molecule has 9 heteroatoms. The number of fused-ring (bicyclic) bond motifs is 1. The van der Waals surface area contributed by atoms with Crippen molar-refractivity contribution in [3.8, 4) is 11.3 Å². The third kappa shape index (κ3) is 4.47. The maximum absolute atomic E-state index is 13.3. The Morgan fingerprint density at radius 1 is 1.06 bits per heavy atom. The van der Waals surface area contributed by atoms with Crippen LogP contribution < -0.4 is 10.2 Å². The second-order valence-electron chi connectivity index (χ2n) is 7.87. The Labute approximate surface area is 195 Å². The molecule has 0 bridgehead atoms. The number of benzene rings is 2. The van der Waals surface area contributed by atoms with Crippen molar-refractivity contribution in [2.75, 3.05) is 31.1 Å². The molecule has 2 amide bonds. The third-order valence-corrected chi connectivity index (χ3v) is 6.18. The predicted molar refractivity (Wildman–Crippen MR) is 127 cm³/mol. The van der Waals surface area contributed by atoms with E-state index in [1.165, 1.54) is 18.5 Å². The Balaban J connectivity index is 1.26. The number of H-pyrrole nitrogens is 1. The second kappa shape index (κ2) is 9.07. The highest BCUT2D eigenvalue weighted by molar-refractivity contribution is 6.31. The summed E-state index contributed by atoms with van der Waals surface area (Å²) in [6.45, 7) is 2.86. The third-order valence-electron chi connectivity index (χ3n) is 5.81. The average molecular weight is 465 g/mol. The minimum atomic E-state index is -0.274. The summed E-state index contributed by atoms with van der Waals surface area (Å²) >= 11 is 6.17. The zero-order chi connectivity index (χ0) is 22.8. The summed E-state index contributed by atoms with van der Waals surface area (Å²) in [5, 5.41) is 4.48. The number of nitrogens with zero attached hydrogens (tertiary/aromatic N) is 4. The van der Waals surface area contributed by atoms with Crippen molar-refractivity contribution >= 4 is 34.5 Å². The number of rotatable bonds is 4. The maximum Gasteiger partial charge on any atom is 0.317 e. The van der Waals surface area contributed by atoms with Crippen LogP contribution in [0, 0.1) is 5.82 Å². The van der Waals surface area contributed by atoms with Crippen LogP contribution >= 0.6 is 11.6 Å². The van der Waals surface area contributed by atoms with Gasteiger partial charge in [-0.05, 0) is 47.5 Å². The molecule has 2 aromatic heterocycles. The monoisotopic (exact) mass is 464 g/mol. The molecule has 1 fully saturated rings. The van der Waals surface area contributed by atoms with Gasteiger partial charge in [-0.1, -0.05) is 29.8 Å². The number of aromatic amines is 1. The number of aromatic nitrogens is 3. The lowest BCUT2D eigenvalue weighted by Gasteiger charge is -2.35. The molecule has 1 saturated heterocycles. The SMILES string of the molecule is O=C(NCc1ccccc1Cl)N1CCN(c2ncnc3[nH]c(-c4ccc(F)cc4)cc23)CC1. The summed E-state index contributed by atoms with van der Waals surface area (Å²) in [4.78, 5) is 28.7. The fraction of sp³-hybridized carbons (Fsp3) is 0.208. The molecule has 0 saturated carbocycles. The minimum absolute atomic E-state index is 0.109. The van der Waals surface area contributed by atoms with E-state index in [2.05, 4.69) is 25.2 Å². The molecule has 7 nitrogen and oxygen atoms in total. The molecule has 2 N–H and O–H groups in total. The van der Waals surface area contributed by atoms with E-state index in [0.29, 0.717) is 37.7 Å². The molecule has 0 spiro atoms. The van der Waals surface area contributed by atoms with Gasteiger partial charge in [0.2, 0.25) is 0 Å². The zero-order valence-corrected chi connectivity index (χ0v) is 18.5. The first-order valence-corrected chi connectivity index (χ1v) is 11.1. The molecule has 168 valence electrons. The summed E-state index contributed by atoms with van der Waals surface area (Å²) in [6, 6.07) is 15.7. The van der Waals surface area contributed by atoms with E-state index in [4.69, 9.17) is 11.6 Å². The first kappa shape index (κ1) is 21.2. The molecular formula is C24H22ClFN6O. The first-order valence-electron chi connectivity index (χ1n) is 10.7. The number of piperazine rings is 1. The smallest absolute Gasteiger partial charge is 0.317 e. The van der Waals surface area contributed by atoms with Gasteiger partial charge < -0.3 is 20.1 Å². The number of hydrogen-bond acceptors (Lipinski definition) is 4. The first-order chi connectivity index (χ1) is 16.1. The van der Waals surface area contributed by atoms with Gasteiger partial charge in [-0.3, -0.25) is 0 Å². The van der Waals surface area contributed by atoms with Gasteiger partial charge in [0, 0.05) is 43.4 Å². The predicted octanol–water partition coefficient (Wildman–Crippen LogP) is 4.45. The summed E-state index contributed by atoms with van der Waals surface area (Å²) in [5.41, 5.74) is 3.34. The summed E-state index contributed by atoms with van der Waals surface area (Å²) in [7, 11) is 0. The molecule has 0 radical (unpaired) electrons. The molecule has 33 heavy (non-hydrogen) atoms. The van der Waals surface area contributed by atoms with Gasteiger partial charge >= 0.3 is 6.03 Å². The van der Waals surface area contributed by atoms with Crippen molar-refractivity contribution in [1.82, 2.24) is 25.2 Å². The number of nitrogens with one attached hydrogen (secondary N) is 2. The quantitative estimate of drug-likeness (QED) is 0.468. The largest absolute Gasteiger partial charge is 0.352 e. The Bertz CT molecular complexity index is 1280. The fourth-order valence-corrected chi connectivity index (χ4v) is 4.21. The Kier molecular flexibility index (Phi) is 5.83. The molecule has 1 aliphatic heterocycles. The molecular weight excluding hydrogens is 443 g/mol. The number of carbonyl (C=O) groups is 1. The highest BCUT2D eigenvalue weighted by Gasteiger charge is 2.24. The van der Waals surface area contributed by atoms with Crippen molar-refractivity contribution in [3.63, 3.8) is 0 Å². The Morgan fingerprint density at radius 2 is 1.82 bits per heavy atom. The van der Waals surface area contributed by atoms with Crippen LogP contribution in [0.4, 0.5) is 15.0 Å². The van der Waals surface area contributed by atoms with E-state index in [1.807, 2.05) is 30.3 Å². The van der Waals surface area contributed by atoms with E-state index in [-0.39, 0.29) is 11.8 Å². The standard InChI is InChI=1S/C24H22ClFN6O/c25-20-4-2-1-3-17(20)14-27-24(33)32-11-9-31(10-12-32)23-19-13-21(30-22(19)28-15-29-23)16-5-7-18(26)8-6-16/h1-8,13,15H,9-12,14H2,(H,27,33)(H,28,29,30). The van der Waals surface area contributed by atoms with Gasteiger partial charge in [0.05, 0.1) is 5.39 Å². The summed E-state index contributed by atoms with van der Waals surface area (Å²) in [5.74, 6) is 0.546. The number of hydrogen-bond donors (Lipinski definition) is 2. The van der Waals surface area contributed by atoms with Crippen LogP contribution in [0.2, 0.25) is 5.02 Å². The van der Waals surface area contributed by atoms with Crippen LogP contribution in [0.15, 0.2) is 60.9 Å². The van der Waals surface area contributed by atoms with Gasteiger partial charge in [-0.15, -0.1) is 0 Å². The number of urea groups is 1. The van der Waals surface area contributed by atoms with E-state index >= 15 is 0 Å². The van der Waals surface area contributed by atoms with Crippen molar-refractivity contribution in [2.45, 2.75) is 6.54 Å². The average Bonchev–Trinajstić information content (AvgIpc) is 3.28. The van der Waals surface area contributed by atoms with Crippen LogP contribution in [0.1, 0.15) is 5.56 Å². The minimum Gasteiger partial charge on any atom is -0.352 e. The lowest BCUT2D eigenvalue weighted by molar-refractivity contribution is 0.194. The van der Waals surface area contributed by atoms with Crippen molar-refractivity contribution in [1.29, 1.82) is 0 Å². The van der Waals surface area contributed by atoms with Crippen LogP contribution in [-0.2, 0) is 6.54 Å². The maximum atomic E-state index is 13.3. The van der Waals surface area contributed by atoms with E-state index < -0.39 is 0 Å². The highest BCUT2D eigenvalue weighted by Crippen LogP contribution is 2.29. The van der Waals surface area contributed by atoms with Crippen LogP contribution in [0.3, 0.4) is 0 Å². The molecule has 0 aliphatic carbocycles.